The topological polar surface area (TPSA) is 27.7 Å². The van der Waals surface area contributed by atoms with Crippen molar-refractivity contribution < 1.29 is 4.74 Å². The maximum absolute atomic E-state index is 5.44. The molecule has 0 radical (unpaired) electrons. The lowest BCUT2D eigenvalue weighted by Crippen LogP contribution is -2.53. The second-order valence-corrected chi connectivity index (χ2v) is 6.03. The zero-order chi connectivity index (χ0) is 13.8. The number of hydrogen-bond donors (Lipinski definition) is 1. The molecule has 1 heterocycles. The summed E-state index contributed by atoms with van der Waals surface area (Å²) < 4.78 is 6.51. The van der Waals surface area contributed by atoms with Gasteiger partial charge in [-0.15, -0.1) is 0 Å². The van der Waals surface area contributed by atoms with Gasteiger partial charge >= 0.3 is 0 Å². The van der Waals surface area contributed by atoms with E-state index < -0.39 is 0 Å². The number of nitrogens with zero attached hydrogens (tertiary/aromatic N) is 2. The molecule has 0 saturated carbocycles. The number of likely N-dealkylation sites (N-methyl/N-ethyl adjacent to an activating group) is 2. The molecule has 2 rings (SSSR count). The van der Waals surface area contributed by atoms with Gasteiger partial charge in [-0.2, -0.15) is 0 Å². The molecule has 0 aromatic heterocycles. The fourth-order valence-electron chi connectivity index (χ4n) is 2.50. The Hall–Kier alpha value is -0.780. The lowest BCUT2D eigenvalue weighted by Gasteiger charge is -2.34. The normalized spacial score (nSPS) is 20.3. The second-order valence-electron chi connectivity index (χ2n) is 5.11. The molecule has 5 heteroatoms. The SMILES string of the molecule is COc1ccc(Br)cc1N(C)CC1CN(C)CCN1. The van der Waals surface area contributed by atoms with Crippen LogP contribution in [0.25, 0.3) is 0 Å². The average molecular weight is 328 g/mol. The monoisotopic (exact) mass is 327 g/mol. The molecule has 1 aliphatic heterocycles. The van der Waals surface area contributed by atoms with Gasteiger partial charge in [-0.3, -0.25) is 0 Å². The molecule has 19 heavy (non-hydrogen) atoms. The first-order chi connectivity index (χ1) is 9.10. The van der Waals surface area contributed by atoms with E-state index in [4.69, 9.17) is 4.74 Å². The summed E-state index contributed by atoms with van der Waals surface area (Å²) in [6.07, 6.45) is 0. The van der Waals surface area contributed by atoms with Gasteiger partial charge in [0.15, 0.2) is 0 Å². The van der Waals surface area contributed by atoms with Crippen LogP contribution in [0.15, 0.2) is 22.7 Å². The summed E-state index contributed by atoms with van der Waals surface area (Å²) >= 11 is 3.52. The number of nitrogens with one attached hydrogen (secondary N) is 1. The Labute approximate surface area is 123 Å². The van der Waals surface area contributed by atoms with Gasteiger partial charge in [0.25, 0.3) is 0 Å². The van der Waals surface area contributed by atoms with Gasteiger partial charge < -0.3 is 19.9 Å². The van der Waals surface area contributed by atoms with Crippen LogP contribution in [0.2, 0.25) is 0 Å². The van der Waals surface area contributed by atoms with Gasteiger partial charge in [0.05, 0.1) is 12.8 Å². The summed E-state index contributed by atoms with van der Waals surface area (Å²) in [4.78, 5) is 4.62. The number of hydrogen-bond acceptors (Lipinski definition) is 4. The lowest BCUT2D eigenvalue weighted by molar-refractivity contribution is 0.241. The van der Waals surface area contributed by atoms with Crippen LogP contribution in [-0.4, -0.2) is 58.3 Å². The van der Waals surface area contributed by atoms with E-state index in [9.17, 15) is 0 Å². The molecular weight excluding hydrogens is 306 g/mol. The average Bonchev–Trinajstić information content (AvgIpc) is 2.38. The molecule has 1 aliphatic rings. The van der Waals surface area contributed by atoms with E-state index in [0.29, 0.717) is 6.04 Å². The van der Waals surface area contributed by atoms with Gasteiger partial charge in [0.2, 0.25) is 0 Å². The fraction of sp³-hybridized carbons (Fsp3) is 0.571. The Kier molecular flexibility index (Phi) is 5.07. The zero-order valence-corrected chi connectivity index (χ0v) is 13.4. The number of rotatable bonds is 4. The Balaban J connectivity index is 2.06. The Bertz CT molecular complexity index is 427. The maximum Gasteiger partial charge on any atom is 0.142 e. The number of methoxy groups -OCH3 is 1. The number of ether oxygens (including phenoxy) is 1. The standard InChI is InChI=1S/C14H22BrN3O/c1-17-7-6-16-12(9-17)10-18(2)13-8-11(15)4-5-14(13)19-3/h4-5,8,12,16H,6-7,9-10H2,1-3H3. The molecule has 1 saturated heterocycles. The number of benzene rings is 1. The highest BCUT2D eigenvalue weighted by molar-refractivity contribution is 9.10. The van der Waals surface area contributed by atoms with E-state index in [1.807, 2.05) is 12.1 Å². The molecule has 1 aromatic carbocycles. The van der Waals surface area contributed by atoms with Crippen molar-refractivity contribution in [3.05, 3.63) is 22.7 Å². The first-order valence-corrected chi connectivity index (χ1v) is 7.36. The third-order valence-corrected chi connectivity index (χ3v) is 4.00. The van der Waals surface area contributed by atoms with Gasteiger partial charge in [-0.1, -0.05) is 15.9 Å². The molecule has 106 valence electrons. The first-order valence-electron chi connectivity index (χ1n) is 6.56. The molecule has 1 unspecified atom stereocenters. The van der Waals surface area contributed by atoms with Crippen LogP contribution in [0.4, 0.5) is 5.69 Å². The van der Waals surface area contributed by atoms with Crippen molar-refractivity contribution in [1.82, 2.24) is 10.2 Å². The summed E-state index contributed by atoms with van der Waals surface area (Å²) in [5.74, 6) is 0.912. The van der Waals surface area contributed by atoms with Crippen LogP contribution < -0.4 is 15.0 Å². The van der Waals surface area contributed by atoms with Crippen molar-refractivity contribution in [3.63, 3.8) is 0 Å². The summed E-state index contributed by atoms with van der Waals surface area (Å²) in [5, 5.41) is 3.57. The van der Waals surface area contributed by atoms with E-state index in [1.165, 1.54) is 0 Å². The fourth-order valence-corrected chi connectivity index (χ4v) is 2.85. The maximum atomic E-state index is 5.44. The molecule has 1 aromatic rings. The minimum atomic E-state index is 0.493. The Morgan fingerprint density at radius 2 is 2.32 bits per heavy atom. The van der Waals surface area contributed by atoms with Gasteiger partial charge in [0.1, 0.15) is 5.75 Å². The van der Waals surface area contributed by atoms with Crippen LogP contribution >= 0.6 is 15.9 Å². The summed E-state index contributed by atoms with van der Waals surface area (Å²) in [6, 6.07) is 6.59. The molecule has 1 fully saturated rings. The van der Waals surface area contributed by atoms with Crippen LogP contribution in [0, 0.1) is 0 Å². The van der Waals surface area contributed by atoms with E-state index in [2.05, 4.69) is 51.2 Å². The van der Waals surface area contributed by atoms with Gasteiger partial charge in [0, 0.05) is 43.7 Å². The van der Waals surface area contributed by atoms with Gasteiger partial charge in [-0.25, -0.2) is 0 Å². The van der Waals surface area contributed by atoms with Crippen molar-refractivity contribution in [2.24, 2.45) is 0 Å². The minimum absolute atomic E-state index is 0.493. The molecule has 0 bridgehead atoms. The Morgan fingerprint density at radius 3 is 3.00 bits per heavy atom. The first kappa shape index (κ1) is 14.6. The second kappa shape index (κ2) is 6.59. The molecule has 0 aliphatic carbocycles. The van der Waals surface area contributed by atoms with Crippen molar-refractivity contribution in [2.45, 2.75) is 6.04 Å². The van der Waals surface area contributed by atoms with E-state index in [1.54, 1.807) is 7.11 Å². The highest BCUT2D eigenvalue weighted by atomic mass is 79.9. The summed E-state index contributed by atoms with van der Waals surface area (Å²) in [5.41, 5.74) is 1.12. The minimum Gasteiger partial charge on any atom is -0.495 e. The Morgan fingerprint density at radius 1 is 1.53 bits per heavy atom. The van der Waals surface area contributed by atoms with E-state index in [-0.39, 0.29) is 0 Å². The number of piperazine rings is 1. The van der Waals surface area contributed by atoms with Gasteiger partial charge in [-0.05, 0) is 25.2 Å². The quantitative estimate of drug-likeness (QED) is 0.912. The molecule has 4 nitrogen and oxygen atoms in total. The highest BCUT2D eigenvalue weighted by Crippen LogP contribution is 2.30. The van der Waals surface area contributed by atoms with Crippen LogP contribution in [0.3, 0.4) is 0 Å². The van der Waals surface area contributed by atoms with Crippen molar-refractivity contribution in [1.29, 1.82) is 0 Å². The third kappa shape index (κ3) is 3.84. The molecule has 0 amide bonds. The zero-order valence-electron chi connectivity index (χ0n) is 11.8. The van der Waals surface area contributed by atoms with Crippen molar-refractivity contribution >= 4 is 21.6 Å². The predicted octanol–water partition coefficient (Wildman–Crippen LogP) is 1.80. The molecule has 0 spiro atoms. The highest BCUT2D eigenvalue weighted by Gasteiger charge is 2.19. The summed E-state index contributed by atoms with van der Waals surface area (Å²) in [7, 11) is 6.00. The smallest absolute Gasteiger partial charge is 0.142 e. The van der Waals surface area contributed by atoms with Crippen molar-refractivity contribution in [3.8, 4) is 5.75 Å². The number of halogens is 1. The van der Waals surface area contributed by atoms with Crippen LogP contribution in [0.1, 0.15) is 0 Å². The molecular formula is C14H22BrN3O. The van der Waals surface area contributed by atoms with E-state index >= 15 is 0 Å². The van der Waals surface area contributed by atoms with E-state index in [0.717, 1.165) is 42.1 Å². The van der Waals surface area contributed by atoms with Crippen LogP contribution in [0.5, 0.6) is 5.75 Å². The predicted molar refractivity (Wildman–Crippen MR) is 83.3 cm³/mol. The van der Waals surface area contributed by atoms with Crippen molar-refractivity contribution in [2.75, 3.05) is 52.3 Å². The third-order valence-electron chi connectivity index (χ3n) is 3.50. The molecule has 1 atom stereocenters. The summed E-state index contributed by atoms with van der Waals surface area (Å²) in [6.45, 7) is 4.24. The van der Waals surface area contributed by atoms with Crippen LogP contribution in [-0.2, 0) is 0 Å². The lowest BCUT2D eigenvalue weighted by atomic mass is 10.2. The molecule has 1 N–H and O–H groups in total. The largest absolute Gasteiger partial charge is 0.495 e. The number of anilines is 1.